The summed E-state index contributed by atoms with van der Waals surface area (Å²) in [6, 6.07) is 5.79. The zero-order chi connectivity index (χ0) is 27.8. The molecule has 1 aromatic rings. The number of carbonyl (C=O) groups excluding carboxylic acids is 2. The molecule has 1 aliphatic carbocycles. The predicted molar refractivity (Wildman–Crippen MR) is 149 cm³/mol. The van der Waals surface area contributed by atoms with Gasteiger partial charge in [-0.3, -0.25) is 9.59 Å². The van der Waals surface area contributed by atoms with Crippen molar-refractivity contribution >= 4 is 11.8 Å². The van der Waals surface area contributed by atoms with Crippen LogP contribution in [0.5, 0.6) is 11.5 Å². The Balaban J connectivity index is 1.41. The zero-order valence-electron chi connectivity index (χ0n) is 24.2. The van der Waals surface area contributed by atoms with Gasteiger partial charge in [0.2, 0.25) is 5.91 Å². The number of ether oxygens (including phenoxy) is 4. The van der Waals surface area contributed by atoms with E-state index in [9.17, 15) is 9.59 Å². The Morgan fingerprint density at radius 3 is 2.46 bits per heavy atom. The van der Waals surface area contributed by atoms with E-state index in [0.29, 0.717) is 55.2 Å². The Labute approximate surface area is 233 Å². The fourth-order valence-electron chi connectivity index (χ4n) is 5.68. The molecule has 218 valence electrons. The van der Waals surface area contributed by atoms with Gasteiger partial charge in [-0.1, -0.05) is 0 Å². The standard InChI is InChI=1S/C30H47N3O6/c1-21(2)32(30(35)22-8-11-27(37-4)28(15-22)39-14-6-12-36-3)19-23-17-31-18-24(23)20-33(25-9-10-25)29(34)16-26-7-5-13-38-26/h8,11,15,21,23-26,31H,5-7,9-10,12-14,16-20H2,1-4H3/t23-,24-,26-/m0/s1. The summed E-state index contributed by atoms with van der Waals surface area (Å²) >= 11 is 0. The monoisotopic (exact) mass is 545 g/mol. The molecule has 0 spiro atoms. The van der Waals surface area contributed by atoms with E-state index in [4.69, 9.17) is 18.9 Å². The van der Waals surface area contributed by atoms with Crippen molar-refractivity contribution in [2.45, 2.75) is 70.6 Å². The first-order valence-corrected chi connectivity index (χ1v) is 14.6. The number of methoxy groups -OCH3 is 2. The van der Waals surface area contributed by atoms with Crippen LogP contribution in [0.15, 0.2) is 18.2 Å². The molecule has 0 aromatic heterocycles. The van der Waals surface area contributed by atoms with E-state index in [2.05, 4.69) is 24.1 Å². The number of hydrogen-bond donors (Lipinski definition) is 1. The first kappa shape index (κ1) is 29.6. The van der Waals surface area contributed by atoms with Crippen molar-refractivity contribution < 1.29 is 28.5 Å². The summed E-state index contributed by atoms with van der Waals surface area (Å²) in [5.74, 6) is 1.96. The minimum atomic E-state index is -0.0199. The second-order valence-corrected chi connectivity index (χ2v) is 11.4. The lowest BCUT2D eigenvalue weighted by Gasteiger charge is -2.34. The Hall–Kier alpha value is -2.36. The van der Waals surface area contributed by atoms with Crippen molar-refractivity contribution in [2.75, 3.05) is 60.2 Å². The summed E-state index contributed by atoms with van der Waals surface area (Å²) in [4.78, 5) is 31.1. The van der Waals surface area contributed by atoms with Crippen LogP contribution >= 0.6 is 0 Å². The Morgan fingerprint density at radius 1 is 1.05 bits per heavy atom. The number of carbonyl (C=O) groups is 2. The summed E-state index contributed by atoms with van der Waals surface area (Å²) in [7, 11) is 3.26. The average molecular weight is 546 g/mol. The van der Waals surface area contributed by atoms with Crippen molar-refractivity contribution in [2.24, 2.45) is 11.8 Å². The summed E-state index contributed by atoms with van der Waals surface area (Å²) in [6.45, 7) is 9.07. The molecule has 2 aliphatic heterocycles. The molecule has 3 atom stereocenters. The summed E-state index contributed by atoms with van der Waals surface area (Å²) in [5.41, 5.74) is 0.583. The highest BCUT2D eigenvalue weighted by Crippen LogP contribution is 2.33. The molecular weight excluding hydrogens is 498 g/mol. The lowest BCUT2D eigenvalue weighted by atomic mass is 9.93. The van der Waals surface area contributed by atoms with Crippen molar-refractivity contribution in [3.05, 3.63) is 23.8 Å². The summed E-state index contributed by atoms with van der Waals surface area (Å²) < 4.78 is 22.2. The van der Waals surface area contributed by atoms with Crippen LogP contribution in [0.4, 0.5) is 0 Å². The minimum Gasteiger partial charge on any atom is -0.493 e. The third-order valence-corrected chi connectivity index (χ3v) is 8.12. The summed E-state index contributed by atoms with van der Waals surface area (Å²) in [6.07, 6.45) is 5.52. The SMILES string of the molecule is COCCCOc1cc(C(=O)N(C[C@@H]2CNC[C@H]2CN(C(=O)C[C@@H]2CCCO2)C2CC2)C(C)C)ccc1OC. The predicted octanol–water partition coefficient (Wildman–Crippen LogP) is 3.36. The number of nitrogens with one attached hydrogen (secondary N) is 1. The minimum absolute atomic E-state index is 0.0199. The van der Waals surface area contributed by atoms with Crippen LogP contribution in [0, 0.1) is 11.8 Å². The fourth-order valence-corrected chi connectivity index (χ4v) is 5.68. The molecule has 1 saturated carbocycles. The highest BCUT2D eigenvalue weighted by molar-refractivity contribution is 5.95. The molecule has 39 heavy (non-hydrogen) atoms. The number of nitrogens with zero attached hydrogens (tertiary/aromatic N) is 2. The molecule has 2 amide bonds. The van der Waals surface area contributed by atoms with Gasteiger partial charge in [0.1, 0.15) is 0 Å². The van der Waals surface area contributed by atoms with Crippen LogP contribution in [0.25, 0.3) is 0 Å². The summed E-state index contributed by atoms with van der Waals surface area (Å²) in [5, 5.41) is 3.53. The second-order valence-electron chi connectivity index (χ2n) is 11.4. The Morgan fingerprint density at radius 2 is 1.82 bits per heavy atom. The zero-order valence-corrected chi connectivity index (χ0v) is 24.2. The third kappa shape index (κ3) is 8.08. The van der Waals surface area contributed by atoms with E-state index in [0.717, 1.165) is 58.3 Å². The smallest absolute Gasteiger partial charge is 0.254 e. The number of rotatable bonds is 15. The van der Waals surface area contributed by atoms with Gasteiger partial charge in [0.15, 0.2) is 11.5 Å². The van der Waals surface area contributed by atoms with E-state index in [-0.39, 0.29) is 29.9 Å². The van der Waals surface area contributed by atoms with Gasteiger partial charge >= 0.3 is 0 Å². The number of amides is 2. The van der Waals surface area contributed by atoms with Crippen LogP contribution in [0.3, 0.4) is 0 Å². The Bertz CT molecular complexity index is 947. The number of benzene rings is 1. The van der Waals surface area contributed by atoms with Gasteiger partial charge in [-0.15, -0.1) is 0 Å². The lowest BCUT2D eigenvalue weighted by Crippen LogP contribution is -2.45. The molecule has 1 N–H and O–H groups in total. The van der Waals surface area contributed by atoms with Crippen LogP contribution in [-0.4, -0.2) is 100 Å². The van der Waals surface area contributed by atoms with Gasteiger partial charge < -0.3 is 34.1 Å². The molecule has 4 rings (SSSR count). The fraction of sp³-hybridized carbons (Fsp3) is 0.733. The maximum absolute atomic E-state index is 13.8. The quantitative estimate of drug-likeness (QED) is 0.338. The molecule has 9 heteroatoms. The molecule has 2 saturated heterocycles. The van der Waals surface area contributed by atoms with E-state index in [1.807, 2.05) is 11.0 Å². The van der Waals surface area contributed by atoms with Gasteiger partial charge in [0.25, 0.3) is 5.91 Å². The van der Waals surface area contributed by atoms with Crippen LogP contribution in [0.2, 0.25) is 0 Å². The largest absolute Gasteiger partial charge is 0.493 e. The van der Waals surface area contributed by atoms with E-state index >= 15 is 0 Å². The Kier molecular flexibility index (Phi) is 10.9. The molecule has 3 fully saturated rings. The van der Waals surface area contributed by atoms with Crippen molar-refractivity contribution in [1.29, 1.82) is 0 Å². The first-order valence-electron chi connectivity index (χ1n) is 14.6. The molecule has 9 nitrogen and oxygen atoms in total. The van der Waals surface area contributed by atoms with Gasteiger partial charge in [-0.2, -0.15) is 0 Å². The molecule has 1 aromatic carbocycles. The maximum Gasteiger partial charge on any atom is 0.254 e. The topological polar surface area (TPSA) is 89.6 Å². The van der Waals surface area contributed by atoms with Gasteiger partial charge in [-0.25, -0.2) is 0 Å². The van der Waals surface area contributed by atoms with Crippen molar-refractivity contribution in [3.8, 4) is 11.5 Å². The molecule has 0 bridgehead atoms. The van der Waals surface area contributed by atoms with Crippen molar-refractivity contribution in [3.63, 3.8) is 0 Å². The van der Waals surface area contributed by atoms with Crippen LogP contribution in [-0.2, 0) is 14.3 Å². The van der Waals surface area contributed by atoms with Gasteiger partial charge in [0, 0.05) is 70.6 Å². The highest BCUT2D eigenvalue weighted by atomic mass is 16.5. The molecule has 2 heterocycles. The molecular formula is C30H47N3O6. The van der Waals surface area contributed by atoms with E-state index in [1.54, 1.807) is 26.4 Å². The average Bonchev–Trinajstić information content (AvgIpc) is 3.45. The third-order valence-electron chi connectivity index (χ3n) is 8.12. The lowest BCUT2D eigenvalue weighted by molar-refractivity contribution is -0.134. The molecule has 0 radical (unpaired) electrons. The van der Waals surface area contributed by atoms with Crippen LogP contribution < -0.4 is 14.8 Å². The van der Waals surface area contributed by atoms with Gasteiger partial charge in [0.05, 0.1) is 26.2 Å². The van der Waals surface area contributed by atoms with Crippen molar-refractivity contribution in [1.82, 2.24) is 15.1 Å². The van der Waals surface area contributed by atoms with E-state index < -0.39 is 0 Å². The molecule has 0 unspecified atom stereocenters. The normalized spacial score (nSPS) is 22.7. The van der Waals surface area contributed by atoms with Gasteiger partial charge in [-0.05, 0) is 69.6 Å². The number of hydrogen-bond acceptors (Lipinski definition) is 7. The van der Waals surface area contributed by atoms with E-state index in [1.165, 1.54) is 0 Å². The maximum atomic E-state index is 13.8. The first-order chi connectivity index (χ1) is 18.9. The molecule has 3 aliphatic rings. The highest BCUT2D eigenvalue weighted by Gasteiger charge is 2.39. The van der Waals surface area contributed by atoms with Crippen LogP contribution in [0.1, 0.15) is 62.7 Å². The second kappa shape index (κ2) is 14.3.